The number of nitrogens with zero attached hydrogens (tertiary/aromatic N) is 2. The lowest BCUT2D eigenvalue weighted by Gasteiger charge is -2.10. The first kappa shape index (κ1) is 17.0. The molecule has 1 amide bonds. The minimum absolute atomic E-state index is 0.192. The zero-order valence-corrected chi connectivity index (χ0v) is 14.8. The number of thiophene rings is 1. The Hall–Kier alpha value is -1.80. The van der Waals surface area contributed by atoms with Crippen LogP contribution in [0.25, 0.3) is 10.7 Å². The Labute approximate surface area is 154 Å². The van der Waals surface area contributed by atoms with E-state index in [-0.39, 0.29) is 28.1 Å². The van der Waals surface area contributed by atoms with Crippen molar-refractivity contribution >= 4 is 57.7 Å². The summed E-state index contributed by atoms with van der Waals surface area (Å²) in [6.07, 6.45) is 0. The Bertz CT molecular complexity index is 927. The molecule has 0 atom stereocenters. The van der Waals surface area contributed by atoms with Crippen molar-refractivity contribution in [2.45, 2.75) is 6.54 Å². The fraction of sp³-hybridized carbons (Fsp3) is 0.0714. The van der Waals surface area contributed by atoms with Crippen molar-refractivity contribution in [3.8, 4) is 10.7 Å². The number of amides is 1. The Balaban J connectivity index is 1.84. The fourth-order valence-corrected chi connectivity index (χ4v) is 3.60. The molecule has 6 nitrogen and oxygen atoms in total. The predicted octanol–water partition coefficient (Wildman–Crippen LogP) is 4.16. The fourth-order valence-electron chi connectivity index (χ4n) is 1.97. The van der Waals surface area contributed by atoms with Gasteiger partial charge in [0.05, 0.1) is 20.6 Å². The van der Waals surface area contributed by atoms with E-state index in [0.29, 0.717) is 9.90 Å². The van der Waals surface area contributed by atoms with E-state index in [1.165, 1.54) is 23.5 Å². The van der Waals surface area contributed by atoms with Crippen LogP contribution in [-0.4, -0.2) is 15.6 Å². The van der Waals surface area contributed by atoms with Crippen LogP contribution < -0.4 is 11.1 Å². The van der Waals surface area contributed by atoms with Crippen LogP contribution in [-0.2, 0) is 11.3 Å². The topological polar surface area (TPSA) is 77.1 Å². The van der Waals surface area contributed by atoms with Crippen molar-refractivity contribution in [1.29, 1.82) is 0 Å². The van der Waals surface area contributed by atoms with E-state index in [2.05, 4.69) is 15.0 Å². The van der Waals surface area contributed by atoms with Crippen LogP contribution in [0.3, 0.4) is 0 Å². The molecule has 3 rings (SSSR count). The van der Waals surface area contributed by atoms with Crippen molar-refractivity contribution < 1.29 is 9.32 Å². The van der Waals surface area contributed by atoms with Gasteiger partial charge in [0.15, 0.2) is 5.82 Å². The molecule has 0 spiro atoms. The van der Waals surface area contributed by atoms with Crippen molar-refractivity contribution in [3.63, 3.8) is 0 Å². The van der Waals surface area contributed by atoms with E-state index >= 15 is 0 Å². The third kappa shape index (κ3) is 3.49. The van der Waals surface area contributed by atoms with Gasteiger partial charge in [-0.3, -0.25) is 9.32 Å². The van der Waals surface area contributed by atoms with E-state index in [4.69, 9.17) is 34.8 Å². The van der Waals surface area contributed by atoms with Gasteiger partial charge < -0.3 is 5.32 Å². The van der Waals surface area contributed by atoms with E-state index in [1.807, 2.05) is 5.38 Å². The Morgan fingerprint density at radius 2 is 2.00 bits per heavy atom. The summed E-state index contributed by atoms with van der Waals surface area (Å²) in [6.45, 7) is -0.301. The lowest BCUT2D eigenvalue weighted by atomic mass is 10.3. The normalized spacial score (nSPS) is 10.8. The van der Waals surface area contributed by atoms with Gasteiger partial charge in [0.1, 0.15) is 6.54 Å². The molecule has 0 radical (unpaired) electrons. The summed E-state index contributed by atoms with van der Waals surface area (Å²) in [5.41, 5.74) is 0.218. The maximum absolute atomic E-state index is 12.3. The van der Waals surface area contributed by atoms with Crippen LogP contribution in [0.15, 0.2) is 39.0 Å². The van der Waals surface area contributed by atoms with Gasteiger partial charge in [-0.15, -0.1) is 11.3 Å². The van der Waals surface area contributed by atoms with E-state index in [9.17, 15) is 9.59 Å². The summed E-state index contributed by atoms with van der Waals surface area (Å²) in [5, 5.41) is 8.81. The SMILES string of the molecule is O=C(Cn1c(-c2cccs2)noc1=O)Nc1c(Cl)cc(Cl)cc1Cl. The van der Waals surface area contributed by atoms with E-state index in [0.717, 1.165) is 4.57 Å². The molecule has 3 aromatic rings. The molecule has 1 aromatic carbocycles. The highest BCUT2D eigenvalue weighted by Crippen LogP contribution is 2.33. The second-order valence-electron chi connectivity index (χ2n) is 4.63. The average molecular weight is 405 g/mol. The lowest BCUT2D eigenvalue weighted by Crippen LogP contribution is -2.25. The van der Waals surface area contributed by atoms with Gasteiger partial charge in [0.25, 0.3) is 0 Å². The van der Waals surface area contributed by atoms with Crippen molar-refractivity contribution in [2.24, 2.45) is 0 Å². The van der Waals surface area contributed by atoms with E-state index < -0.39 is 11.7 Å². The quantitative estimate of drug-likeness (QED) is 0.708. The highest BCUT2D eigenvalue weighted by molar-refractivity contribution is 7.13. The third-order valence-corrected chi connectivity index (χ3v) is 4.68. The molecular weight excluding hydrogens is 397 g/mol. The summed E-state index contributed by atoms with van der Waals surface area (Å²) in [4.78, 5) is 24.8. The Morgan fingerprint density at radius 1 is 1.29 bits per heavy atom. The molecule has 0 saturated carbocycles. The minimum atomic E-state index is -0.734. The van der Waals surface area contributed by atoms with Crippen molar-refractivity contribution in [2.75, 3.05) is 5.32 Å². The molecule has 24 heavy (non-hydrogen) atoms. The van der Waals surface area contributed by atoms with Gasteiger partial charge in [-0.1, -0.05) is 46.0 Å². The first-order valence-electron chi connectivity index (χ1n) is 6.50. The summed E-state index contributed by atoms with van der Waals surface area (Å²) >= 11 is 19.2. The number of aromatic nitrogens is 2. The number of hydrogen-bond donors (Lipinski definition) is 1. The van der Waals surface area contributed by atoms with Crippen molar-refractivity contribution in [3.05, 3.63) is 55.3 Å². The molecule has 0 aliphatic rings. The number of nitrogens with one attached hydrogen (secondary N) is 1. The molecule has 10 heteroatoms. The molecule has 0 unspecified atom stereocenters. The number of hydrogen-bond acceptors (Lipinski definition) is 5. The highest BCUT2D eigenvalue weighted by atomic mass is 35.5. The Morgan fingerprint density at radius 3 is 2.62 bits per heavy atom. The third-order valence-electron chi connectivity index (χ3n) is 3.00. The standard InChI is InChI=1S/C14H8Cl3N3O3S/c15-7-4-8(16)12(9(17)5-7)18-11(21)6-20-13(19-23-14(20)22)10-2-1-3-24-10/h1-5H,6H2,(H,18,21). The van der Waals surface area contributed by atoms with Gasteiger partial charge in [-0.25, -0.2) is 9.36 Å². The van der Waals surface area contributed by atoms with Gasteiger partial charge in [0, 0.05) is 5.02 Å². The monoisotopic (exact) mass is 403 g/mol. The average Bonchev–Trinajstić information content (AvgIpc) is 3.14. The van der Waals surface area contributed by atoms with Gasteiger partial charge >= 0.3 is 5.76 Å². The molecule has 0 bridgehead atoms. The zero-order chi connectivity index (χ0) is 17.3. The first-order chi connectivity index (χ1) is 11.5. The molecule has 0 fully saturated rings. The molecule has 0 aliphatic heterocycles. The second kappa shape index (κ2) is 6.98. The maximum atomic E-state index is 12.3. The van der Waals surface area contributed by atoms with Gasteiger partial charge in [0.2, 0.25) is 5.91 Å². The summed E-state index contributed by atoms with van der Waals surface area (Å²) in [6, 6.07) is 6.47. The van der Waals surface area contributed by atoms with E-state index in [1.54, 1.807) is 12.1 Å². The largest absolute Gasteiger partial charge is 0.442 e. The molecule has 124 valence electrons. The number of benzene rings is 1. The van der Waals surface area contributed by atoms with Crippen LogP contribution in [0.5, 0.6) is 0 Å². The molecule has 2 heterocycles. The number of anilines is 1. The van der Waals surface area contributed by atoms with Crippen LogP contribution in [0.2, 0.25) is 15.1 Å². The first-order valence-corrected chi connectivity index (χ1v) is 8.52. The van der Waals surface area contributed by atoms with Crippen molar-refractivity contribution in [1.82, 2.24) is 9.72 Å². The Kier molecular flexibility index (Phi) is 4.96. The number of carbonyl (C=O) groups is 1. The molecular formula is C14H8Cl3N3O3S. The maximum Gasteiger partial charge on any atom is 0.442 e. The summed E-state index contributed by atoms with van der Waals surface area (Å²) in [5.74, 6) is -0.968. The smallest absolute Gasteiger partial charge is 0.322 e. The second-order valence-corrected chi connectivity index (χ2v) is 6.83. The number of rotatable bonds is 4. The lowest BCUT2D eigenvalue weighted by molar-refractivity contribution is -0.116. The van der Waals surface area contributed by atoms with Crippen LogP contribution in [0.4, 0.5) is 5.69 Å². The molecule has 1 N–H and O–H groups in total. The van der Waals surface area contributed by atoms with Gasteiger partial charge in [-0.2, -0.15) is 0 Å². The molecule has 0 aliphatic carbocycles. The highest BCUT2D eigenvalue weighted by Gasteiger charge is 2.18. The molecule has 0 saturated heterocycles. The summed E-state index contributed by atoms with van der Waals surface area (Å²) in [7, 11) is 0. The van der Waals surface area contributed by atoms with Gasteiger partial charge in [-0.05, 0) is 23.6 Å². The zero-order valence-electron chi connectivity index (χ0n) is 11.8. The van der Waals surface area contributed by atoms with Crippen LogP contribution >= 0.6 is 46.1 Å². The van der Waals surface area contributed by atoms with Crippen LogP contribution in [0, 0.1) is 0 Å². The molecule has 2 aromatic heterocycles. The minimum Gasteiger partial charge on any atom is -0.322 e. The number of halogens is 3. The predicted molar refractivity (Wildman–Crippen MR) is 94.2 cm³/mol. The summed E-state index contributed by atoms with van der Waals surface area (Å²) < 4.78 is 5.77. The number of carbonyl (C=O) groups excluding carboxylic acids is 1. The van der Waals surface area contributed by atoms with Crippen LogP contribution in [0.1, 0.15) is 0 Å².